The summed E-state index contributed by atoms with van der Waals surface area (Å²) in [5, 5.41) is 4.28. The maximum absolute atomic E-state index is 12.0. The Kier molecular flexibility index (Phi) is 5.18. The van der Waals surface area contributed by atoms with Gasteiger partial charge in [-0.1, -0.05) is 56.4 Å². The van der Waals surface area contributed by atoms with Crippen molar-refractivity contribution in [3.8, 4) is 11.3 Å². The number of esters is 1. The second-order valence-electron chi connectivity index (χ2n) is 4.76. The normalized spacial score (nSPS) is 10.6. The lowest BCUT2D eigenvalue weighted by Gasteiger charge is -2.04. The molecule has 0 saturated carbocycles. The molecule has 0 amide bonds. The van der Waals surface area contributed by atoms with Gasteiger partial charge in [-0.2, -0.15) is 0 Å². The fraction of sp³-hybridized carbons (Fsp3) is 0.0625. The fourth-order valence-electron chi connectivity index (χ4n) is 1.95. The molecule has 0 unspecified atom stereocenters. The molecule has 2 aromatic heterocycles. The molecular weight excluding hydrogens is 419 g/mol. The number of carbonyl (C=O) groups is 1. The molecule has 0 aliphatic carbocycles. The Balaban J connectivity index is 1.69. The molecule has 0 atom stereocenters. The minimum absolute atomic E-state index is 0.0248. The van der Waals surface area contributed by atoms with Crippen LogP contribution in [-0.2, 0) is 11.3 Å². The molecular formula is C16H9BrCl2N2O3. The van der Waals surface area contributed by atoms with Gasteiger partial charge in [0.25, 0.3) is 0 Å². The summed E-state index contributed by atoms with van der Waals surface area (Å²) in [5.41, 5.74) is 1.62. The van der Waals surface area contributed by atoms with E-state index in [-0.39, 0.29) is 17.3 Å². The van der Waals surface area contributed by atoms with Gasteiger partial charge in [0.15, 0.2) is 12.4 Å². The summed E-state index contributed by atoms with van der Waals surface area (Å²) < 4.78 is 11.3. The predicted octanol–water partition coefficient (Wildman–Crippen LogP) is 5.16. The molecule has 8 heteroatoms. The van der Waals surface area contributed by atoms with Gasteiger partial charge in [-0.15, -0.1) is 0 Å². The Morgan fingerprint density at radius 3 is 2.88 bits per heavy atom. The summed E-state index contributed by atoms with van der Waals surface area (Å²) >= 11 is 15.1. The number of hydrogen-bond donors (Lipinski definition) is 0. The quantitative estimate of drug-likeness (QED) is 0.424. The number of ether oxygens (including phenoxy) is 1. The molecule has 122 valence electrons. The molecule has 0 N–H and O–H groups in total. The minimum atomic E-state index is -0.643. The molecule has 0 saturated heterocycles. The Morgan fingerprint density at radius 1 is 1.25 bits per heavy atom. The van der Waals surface area contributed by atoms with E-state index in [9.17, 15) is 4.79 Å². The maximum Gasteiger partial charge on any atom is 0.341 e. The molecule has 0 aliphatic heterocycles. The molecule has 24 heavy (non-hydrogen) atoms. The van der Waals surface area contributed by atoms with E-state index in [2.05, 4.69) is 26.1 Å². The highest BCUT2D eigenvalue weighted by Gasteiger charge is 2.15. The Morgan fingerprint density at radius 2 is 2.08 bits per heavy atom. The molecule has 0 spiro atoms. The van der Waals surface area contributed by atoms with Crippen LogP contribution < -0.4 is 0 Å². The highest BCUT2D eigenvalue weighted by atomic mass is 79.9. The van der Waals surface area contributed by atoms with E-state index in [4.69, 9.17) is 32.5 Å². The van der Waals surface area contributed by atoms with Gasteiger partial charge in [-0.25, -0.2) is 9.78 Å². The van der Waals surface area contributed by atoms with Gasteiger partial charge in [0, 0.05) is 22.3 Å². The number of halogens is 3. The molecule has 2 heterocycles. The van der Waals surface area contributed by atoms with Crippen LogP contribution >= 0.6 is 39.1 Å². The number of rotatable bonds is 4. The summed E-state index contributed by atoms with van der Waals surface area (Å²) in [6.45, 7) is -0.0807. The van der Waals surface area contributed by atoms with Crippen molar-refractivity contribution in [2.24, 2.45) is 0 Å². The third kappa shape index (κ3) is 3.95. The van der Waals surface area contributed by atoms with Crippen molar-refractivity contribution in [2.45, 2.75) is 6.61 Å². The zero-order chi connectivity index (χ0) is 17.1. The first-order valence-electron chi connectivity index (χ1n) is 6.72. The van der Waals surface area contributed by atoms with Crippen LogP contribution in [0.2, 0.25) is 10.2 Å². The van der Waals surface area contributed by atoms with Crippen LogP contribution in [0.15, 0.2) is 51.6 Å². The number of pyridine rings is 1. The Hall–Kier alpha value is -1.89. The first-order valence-corrected chi connectivity index (χ1v) is 8.27. The van der Waals surface area contributed by atoms with Crippen LogP contribution in [0.3, 0.4) is 0 Å². The number of carbonyl (C=O) groups excluding carboxylic acids is 1. The SMILES string of the molecule is O=C(OCc1cc(-c2cccc(Br)c2)no1)c1cc(Cl)cnc1Cl. The fourth-order valence-corrected chi connectivity index (χ4v) is 2.68. The van der Waals surface area contributed by atoms with Crippen molar-refractivity contribution in [1.29, 1.82) is 0 Å². The summed E-state index contributed by atoms with van der Waals surface area (Å²) in [5.74, 6) is -0.236. The summed E-state index contributed by atoms with van der Waals surface area (Å²) in [7, 11) is 0. The van der Waals surface area contributed by atoms with Crippen molar-refractivity contribution in [1.82, 2.24) is 10.1 Å². The average molecular weight is 428 g/mol. The van der Waals surface area contributed by atoms with Gasteiger partial charge in [-0.3, -0.25) is 0 Å². The van der Waals surface area contributed by atoms with E-state index >= 15 is 0 Å². The van der Waals surface area contributed by atoms with Crippen LogP contribution in [0.4, 0.5) is 0 Å². The van der Waals surface area contributed by atoms with Crippen LogP contribution in [-0.4, -0.2) is 16.1 Å². The minimum Gasteiger partial charge on any atom is -0.454 e. The predicted molar refractivity (Wildman–Crippen MR) is 93.0 cm³/mol. The van der Waals surface area contributed by atoms with Crippen molar-refractivity contribution < 1.29 is 14.1 Å². The summed E-state index contributed by atoms with van der Waals surface area (Å²) in [6.07, 6.45) is 1.35. The summed E-state index contributed by atoms with van der Waals surface area (Å²) in [4.78, 5) is 15.8. The summed E-state index contributed by atoms with van der Waals surface area (Å²) in [6, 6.07) is 10.7. The molecule has 0 radical (unpaired) electrons. The van der Waals surface area contributed by atoms with Crippen molar-refractivity contribution in [3.63, 3.8) is 0 Å². The van der Waals surface area contributed by atoms with Crippen molar-refractivity contribution >= 4 is 45.1 Å². The highest BCUT2D eigenvalue weighted by molar-refractivity contribution is 9.10. The van der Waals surface area contributed by atoms with E-state index in [0.717, 1.165) is 10.0 Å². The lowest BCUT2D eigenvalue weighted by Crippen LogP contribution is -2.06. The Labute approximate surface area is 155 Å². The van der Waals surface area contributed by atoms with Gasteiger partial charge in [-0.05, 0) is 18.2 Å². The largest absolute Gasteiger partial charge is 0.454 e. The second kappa shape index (κ2) is 7.34. The molecule has 0 fully saturated rings. The van der Waals surface area contributed by atoms with E-state index in [1.807, 2.05) is 24.3 Å². The van der Waals surface area contributed by atoms with E-state index in [1.165, 1.54) is 12.3 Å². The van der Waals surface area contributed by atoms with Crippen LogP contribution in [0.5, 0.6) is 0 Å². The Bertz CT molecular complexity index is 899. The molecule has 3 rings (SSSR count). The van der Waals surface area contributed by atoms with Crippen LogP contribution in [0, 0.1) is 0 Å². The topological polar surface area (TPSA) is 65.2 Å². The zero-order valence-electron chi connectivity index (χ0n) is 12.0. The monoisotopic (exact) mass is 426 g/mol. The van der Waals surface area contributed by atoms with Gasteiger partial charge >= 0.3 is 5.97 Å². The van der Waals surface area contributed by atoms with Gasteiger partial charge in [0.1, 0.15) is 10.8 Å². The molecule has 0 bridgehead atoms. The number of hydrogen-bond acceptors (Lipinski definition) is 5. The smallest absolute Gasteiger partial charge is 0.341 e. The van der Waals surface area contributed by atoms with Gasteiger partial charge < -0.3 is 9.26 Å². The maximum atomic E-state index is 12.0. The molecule has 5 nitrogen and oxygen atoms in total. The first kappa shape index (κ1) is 17.0. The van der Waals surface area contributed by atoms with Crippen molar-refractivity contribution in [2.75, 3.05) is 0 Å². The number of aromatic nitrogens is 2. The van der Waals surface area contributed by atoms with Crippen molar-refractivity contribution in [3.05, 3.63) is 68.6 Å². The third-order valence-corrected chi connectivity index (χ3v) is 4.05. The van der Waals surface area contributed by atoms with Crippen LogP contribution in [0.25, 0.3) is 11.3 Å². The second-order valence-corrected chi connectivity index (χ2v) is 6.47. The van der Waals surface area contributed by atoms with Gasteiger partial charge in [0.05, 0.1) is 10.6 Å². The van der Waals surface area contributed by atoms with Gasteiger partial charge in [0.2, 0.25) is 0 Å². The number of benzene rings is 1. The molecule has 1 aromatic carbocycles. The molecule has 3 aromatic rings. The molecule has 0 aliphatic rings. The van der Waals surface area contributed by atoms with E-state index in [0.29, 0.717) is 16.5 Å². The highest BCUT2D eigenvalue weighted by Crippen LogP contribution is 2.23. The average Bonchev–Trinajstić information content (AvgIpc) is 3.04. The standard InChI is InChI=1S/C16H9BrCl2N2O3/c17-10-3-1-2-9(4-10)14-6-12(24-21-14)8-23-16(22)13-5-11(18)7-20-15(13)19/h1-7H,8H2. The first-order chi connectivity index (χ1) is 11.5. The zero-order valence-corrected chi connectivity index (χ0v) is 15.1. The van der Waals surface area contributed by atoms with E-state index < -0.39 is 5.97 Å². The van der Waals surface area contributed by atoms with E-state index in [1.54, 1.807) is 6.07 Å². The third-order valence-electron chi connectivity index (χ3n) is 3.05. The lowest BCUT2D eigenvalue weighted by molar-refractivity contribution is 0.0437. The lowest BCUT2D eigenvalue weighted by atomic mass is 10.1. The number of nitrogens with zero attached hydrogens (tertiary/aromatic N) is 2. The van der Waals surface area contributed by atoms with Crippen LogP contribution in [0.1, 0.15) is 16.1 Å².